The van der Waals surface area contributed by atoms with Crippen LogP contribution in [0.15, 0.2) is 0 Å². The molecule has 0 radical (unpaired) electrons. The van der Waals surface area contributed by atoms with Gasteiger partial charge in [0.25, 0.3) is 0 Å². The predicted molar refractivity (Wildman–Crippen MR) is 47.4 cm³/mol. The van der Waals surface area contributed by atoms with Crippen molar-refractivity contribution < 1.29 is 4.79 Å². The summed E-state index contributed by atoms with van der Waals surface area (Å²) >= 11 is 0. The molecular formula is C9H19NO. The number of hydrogen-bond acceptors (Lipinski definition) is 1. The second kappa shape index (κ2) is 7.58. The van der Waals surface area contributed by atoms with E-state index in [1.807, 2.05) is 0 Å². The molecule has 0 bridgehead atoms. The molecule has 1 rings (SSSR count). The molecule has 0 unspecified atom stereocenters. The Labute approximate surface area is 69.4 Å². The molecule has 1 aliphatic carbocycles. The highest BCUT2D eigenvalue weighted by Crippen LogP contribution is 2.21. The first-order chi connectivity index (χ1) is 5.31. The summed E-state index contributed by atoms with van der Waals surface area (Å²) in [6.45, 7) is 2.36. The van der Waals surface area contributed by atoms with E-state index in [4.69, 9.17) is 4.79 Å². The van der Waals surface area contributed by atoms with E-state index in [9.17, 15) is 0 Å². The molecule has 0 aliphatic heterocycles. The van der Waals surface area contributed by atoms with Crippen molar-refractivity contribution in [1.29, 1.82) is 0 Å². The van der Waals surface area contributed by atoms with Crippen LogP contribution in [0.2, 0.25) is 0 Å². The lowest BCUT2D eigenvalue weighted by Crippen LogP contribution is -1.99. The number of nitrogens with one attached hydrogen (secondary N) is 1. The summed E-state index contributed by atoms with van der Waals surface area (Å²) in [5.74, 6) is 1.04. The maximum absolute atomic E-state index is 9.06. The molecule has 2 nitrogen and oxygen atoms in total. The molecule has 0 atom stereocenters. The van der Waals surface area contributed by atoms with Crippen LogP contribution in [0.4, 0.5) is 0 Å². The lowest BCUT2D eigenvalue weighted by molar-refractivity contribution is -0.109. The van der Waals surface area contributed by atoms with Gasteiger partial charge in [-0.1, -0.05) is 39.0 Å². The average molecular weight is 157 g/mol. The molecule has 0 spiro atoms. The summed E-state index contributed by atoms with van der Waals surface area (Å²) in [5.41, 5.74) is 0. The van der Waals surface area contributed by atoms with Gasteiger partial charge < -0.3 is 5.32 Å². The fourth-order valence-corrected chi connectivity index (χ4v) is 1.31. The van der Waals surface area contributed by atoms with E-state index in [1.54, 1.807) is 7.05 Å². The molecule has 66 valence electrons. The van der Waals surface area contributed by atoms with Gasteiger partial charge in [-0.15, -0.1) is 0 Å². The number of hydrogen-bond donors (Lipinski definition) is 1. The van der Waals surface area contributed by atoms with Crippen LogP contribution < -0.4 is 5.32 Å². The minimum absolute atomic E-state index is 0.625. The van der Waals surface area contributed by atoms with Crippen molar-refractivity contribution in [2.75, 3.05) is 7.05 Å². The summed E-state index contributed by atoms with van der Waals surface area (Å²) in [6.07, 6.45) is 8.06. The molecule has 11 heavy (non-hydrogen) atoms. The lowest BCUT2D eigenvalue weighted by atomic mass is 9.91. The van der Waals surface area contributed by atoms with Crippen LogP contribution in [0.1, 0.15) is 39.0 Å². The van der Waals surface area contributed by atoms with E-state index in [1.165, 1.54) is 32.1 Å². The Hall–Kier alpha value is -0.530. The van der Waals surface area contributed by atoms with Gasteiger partial charge in [-0.3, -0.25) is 4.79 Å². The highest BCUT2D eigenvalue weighted by Gasteiger charge is 2.05. The van der Waals surface area contributed by atoms with Crippen LogP contribution in [0.3, 0.4) is 0 Å². The van der Waals surface area contributed by atoms with Crippen molar-refractivity contribution in [1.82, 2.24) is 5.32 Å². The second-order valence-electron chi connectivity index (χ2n) is 3.15. The van der Waals surface area contributed by atoms with Crippen LogP contribution >= 0.6 is 0 Å². The summed E-state index contributed by atoms with van der Waals surface area (Å²) in [7, 11) is 1.56. The Balaban J connectivity index is 0.000000218. The Kier molecular flexibility index (Phi) is 7.21. The van der Waals surface area contributed by atoms with Crippen molar-refractivity contribution in [3.8, 4) is 0 Å². The minimum atomic E-state index is 0.625. The van der Waals surface area contributed by atoms with Crippen LogP contribution in [0, 0.1) is 5.92 Å². The van der Waals surface area contributed by atoms with E-state index < -0.39 is 0 Å². The monoisotopic (exact) mass is 157 g/mol. The summed E-state index contributed by atoms with van der Waals surface area (Å²) in [6, 6.07) is 0. The number of carbonyl (C=O) groups excluding carboxylic acids is 1. The molecule has 1 N–H and O–H groups in total. The molecule has 2 heteroatoms. The van der Waals surface area contributed by atoms with Gasteiger partial charge in [0, 0.05) is 7.05 Å². The Morgan fingerprint density at radius 3 is 1.91 bits per heavy atom. The Bertz CT molecular complexity index is 87.6. The van der Waals surface area contributed by atoms with Gasteiger partial charge in [-0.05, 0) is 5.92 Å². The van der Waals surface area contributed by atoms with Gasteiger partial charge in [-0.25, -0.2) is 0 Å². The zero-order valence-electron chi connectivity index (χ0n) is 7.60. The molecule has 0 aromatic rings. The molecule has 0 heterocycles. The molecule has 0 aromatic carbocycles. The third kappa shape index (κ3) is 7.37. The SMILES string of the molecule is CC1CCCCC1.CNC=O. The summed E-state index contributed by atoms with van der Waals surface area (Å²) in [5, 5.41) is 2.25. The molecule has 1 aliphatic rings. The number of amides is 1. The van der Waals surface area contributed by atoms with E-state index in [-0.39, 0.29) is 0 Å². The fourth-order valence-electron chi connectivity index (χ4n) is 1.31. The van der Waals surface area contributed by atoms with Crippen LogP contribution in [0.5, 0.6) is 0 Å². The topological polar surface area (TPSA) is 29.1 Å². The molecule has 1 amide bonds. The first-order valence-corrected chi connectivity index (χ1v) is 4.42. The lowest BCUT2D eigenvalue weighted by Gasteiger charge is -2.15. The molecule has 1 saturated carbocycles. The minimum Gasteiger partial charge on any atom is -0.362 e. The number of rotatable bonds is 1. The van der Waals surface area contributed by atoms with Crippen molar-refractivity contribution in [3.63, 3.8) is 0 Å². The summed E-state index contributed by atoms with van der Waals surface area (Å²) in [4.78, 5) is 9.06. The van der Waals surface area contributed by atoms with Crippen molar-refractivity contribution in [2.45, 2.75) is 39.0 Å². The molecule has 0 saturated heterocycles. The largest absolute Gasteiger partial charge is 0.362 e. The molecule has 0 aromatic heterocycles. The Morgan fingerprint density at radius 2 is 1.73 bits per heavy atom. The highest BCUT2D eigenvalue weighted by atomic mass is 16.1. The van der Waals surface area contributed by atoms with Crippen LogP contribution in [-0.2, 0) is 4.79 Å². The maximum Gasteiger partial charge on any atom is 0.206 e. The first kappa shape index (κ1) is 10.5. The quantitative estimate of drug-likeness (QED) is 0.579. The van der Waals surface area contributed by atoms with Crippen molar-refractivity contribution in [2.24, 2.45) is 5.92 Å². The maximum atomic E-state index is 9.06. The molecule has 1 fully saturated rings. The third-order valence-electron chi connectivity index (χ3n) is 2.01. The number of carbonyl (C=O) groups is 1. The zero-order chi connectivity index (χ0) is 8.53. The van der Waals surface area contributed by atoms with E-state index in [0.29, 0.717) is 6.41 Å². The predicted octanol–water partition coefficient (Wildman–Crippen LogP) is 1.95. The smallest absolute Gasteiger partial charge is 0.206 e. The van der Waals surface area contributed by atoms with Gasteiger partial charge in [0.05, 0.1) is 0 Å². The van der Waals surface area contributed by atoms with Crippen LogP contribution in [0.25, 0.3) is 0 Å². The van der Waals surface area contributed by atoms with Gasteiger partial charge >= 0.3 is 0 Å². The van der Waals surface area contributed by atoms with Crippen molar-refractivity contribution in [3.05, 3.63) is 0 Å². The van der Waals surface area contributed by atoms with E-state index >= 15 is 0 Å². The van der Waals surface area contributed by atoms with Gasteiger partial charge in [0.15, 0.2) is 0 Å². The molecular weight excluding hydrogens is 138 g/mol. The zero-order valence-corrected chi connectivity index (χ0v) is 7.60. The highest BCUT2D eigenvalue weighted by molar-refractivity contribution is 5.44. The van der Waals surface area contributed by atoms with E-state index in [2.05, 4.69) is 12.2 Å². The normalized spacial score (nSPS) is 18.0. The van der Waals surface area contributed by atoms with Gasteiger partial charge in [-0.2, -0.15) is 0 Å². The van der Waals surface area contributed by atoms with Gasteiger partial charge in [0.1, 0.15) is 0 Å². The Morgan fingerprint density at radius 1 is 1.27 bits per heavy atom. The summed E-state index contributed by atoms with van der Waals surface area (Å²) < 4.78 is 0. The first-order valence-electron chi connectivity index (χ1n) is 4.42. The average Bonchev–Trinajstić information content (AvgIpc) is 2.07. The second-order valence-corrected chi connectivity index (χ2v) is 3.15. The van der Waals surface area contributed by atoms with Crippen LogP contribution in [-0.4, -0.2) is 13.5 Å². The van der Waals surface area contributed by atoms with E-state index in [0.717, 1.165) is 5.92 Å². The third-order valence-corrected chi connectivity index (χ3v) is 2.01. The van der Waals surface area contributed by atoms with Gasteiger partial charge in [0.2, 0.25) is 6.41 Å². The standard InChI is InChI=1S/C7H14.C2H5NO/c1-7-5-3-2-4-6-7;1-3-2-4/h7H,2-6H2,1H3;2H,1H3,(H,3,4). The van der Waals surface area contributed by atoms with Crippen molar-refractivity contribution >= 4 is 6.41 Å². The fraction of sp³-hybridized carbons (Fsp3) is 0.889.